The fraction of sp³-hybridized carbons (Fsp3) is 0.179. The van der Waals surface area contributed by atoms with E-state index >= 15 is 0 Å². The summed E-state index contributed by atoms with van der Waals surface area (Å²) in [6.07, 6.45) is 1.34. The van der Waals surface area contributed by atoms with Crippen molar-refractivity contribution in [1.82, 2.24) is 14.3 Å². The average Bonchev–Trinajstić information content (AvgIpc) is 3.37. The number of H-pyrrole nitrogens is 1. The van der Waals surface area contributed by atoms with Crippen molar-refractivity contribution >= 4 is 43.6 Å². The second-order valence-corrected chi connectivity index (χ2v) is 11.2. The molecule has 1 aliphatic rings. The number of piperidine rings is 1. The van der Waals surface area contributed by atoms with Gasteiger partial charge in [0.1, 0.15) is 17.0 Å². The molecule has 9 nitrogen and oxygen atoms in total. The number of rotatable bonds is 5. The van der Waals surface area contributed by atoms with Crippen LogP contribution in [0.4, 0.5) is 5.69 Å². The maximum Gasteiger partial charge on any atom is 0.349 e. The Hall–Kier alpha value is -4.28. The first-order chi connectivity index (χ1) is 18.4. The standard InChI is InChI=1S/C28H24N4O5S/c33-27(22-17-19-5-1-4-8-25(19)37-28(22)34)29-20-9-11-21(12-10-20)38(35,36)32-15-13-18(14-16-32)26-30-23-6-2-3-7-24(23)31-26/h1-12,17-18H,13-16H2,(H,29,33)(H,30,31). The number of nitrogens with one attached hydrogen (secondary N) is 2. The summed E-state index contributed by atoms with van der Waals surface area (Å²) in [5.74, 6) is 0.427. The molecule has 1 fully saturated rings. The first-order valence-electron chi connectivity index (χ1n) is 12.3. The number of anilines is 1. The summed E-state index contributed by atoms with van der Waals surface area (Å²) in [7, 11) is -3.70. The second-order valence-electron chi connectivity index (χ2n) is 9.28. The number of aromatic nitrogens is 2. The van der Waals surface area contributed by atoms with Gasteiger partial charge in [0.25, 0.3) is 5.91 Å². The van der Waals surface area contributed by atoms with Crippen molar-refractivity contribution in [3.8, 4) is 0 Å². The smallest absolute Gasteiger partial charge is 0.349 e. The Morgan fingerprint density at radius 3 is 2.45 bits per heavy atom. The van der Waals surface area contributed by atoms with E-state index < -0.39 is 21.6 Å². The largest absolute Gasteiger partial charge is 0.422 e. The Morgan fingerprint density at radius 1 is 0.974 bits per heavy atom. The van der Waals surface area contributed by atoms with Crippen molar-refractivity contribution in [2.45, 2.75) is 23.7 Å². The van der Waals surface area contributed by atoms with E-state index in [1.165, 1.54) is 34.6 Å². The summed E-state index contributed by atoms with van der Waals surface area (Å²) in [6.45, 7) is 0.778. The summed E-state index contributed by atoms with van der Waals surface area (Å²) in [4.78, 5) is 33.1. The van der Waals surface area contributed by atoms with Gasteiger partial charge in [-0.3, -0.25) is 4.79 Å². The molecule has 5 aromatic rings. The fourth-order valence-electron chi connectivity index (χ4n) is 4.81. The molecular weight excluding hydrogens is 504 g/mol. The number of imidazole rings is 1. The molecule has 0 spiro atoms. The van der Waals surface area contributed by atoms with E-state index in [0.717, 1.165) is 16.9 Å². The van der Waals surface area contributed by atoms with Crippen molar-refractivity contribution in [3.05, 3.63) is 101 Å². The van der Waals surface area contributed by atoms with Crippen LogP contribution in [0.5, 0.6) is 0 Å². The van der Waals surface area contributed by atoms with Crippen molar-refractivity contribution in [3.63, 3.8) is 0 Å². The minimum absolute atomic E-state index is 0.132. The lowest BCUT2D eigenvalue weighted by atomic mass is 9.97. The third-order valence-electron chi connectivity index (χ3n) is 6.88. The molecule has 192 valence electrons. The number of benzene rings is 3. The number of hydrogen-bond donors (Lipinski definition) is 2. The van der Waals surface area contributed by atoms with Gasteiger partial charge in [0.2, 0.25) is 10.0 Å². The van der Waals surface area contributed by atoms with Gasteiger partial charge in [0.15, 0.2) is 0 Å². The van der Waals surface area contributed by atoms with Crippen molar-refractivity contribution in [1.29, 1.82) is 0 Å². The first kappa shape index (κ1) is 24.1. The van der Waals surface area contributed by atoms with E-state index in [1.54, 1.807) is 24.3 Å². The summed E-state index contributed by atoms with van der Waals surface area (Å²) in [5, 5.41) is 3.27. The predicted molar refractivity (Wildman–Crippen MR) is 144 cm³/mol. The molecule has 1 saturated heterocycles. The van der Waals surface area contributed by atoms with Crippen LogP contribution in [0.25, 0.3) is 22.0 Å². The molecule has 0 saturated carbocycles. The molecule has 6 rings (SSSR count). The lowest BCUT2D eigenvalue weighted by molar-refractivity contribution is 0.102. The van der Waals surface area contributed by atoms with Crippen LogP contribution in [-0.2, 0) is 10.0 Å². The Balaban J connectivity index is 1.13. The number of carbonyl (C=O) groups is 1. The van der Waals surface area contributed by atoms with E-state index in [4.69, 9.17) is 4.42 Å². The number of aromatic amines is 1. The van der Waals surface area contributed by atoms with Crippen LogP contribution in [-0.4, -0.2) is 41.7 Å². The molecule has 0 aliphatic carbocycles. The minimum Gasteiger partial charge on any atom is -0.422 e. The third kappa shape index (κ3) is 4.48. The Bertz CT molecular complexity index is 1790. The molecular formula is C28H24N4O5S. The predicted octanol–water partition coefficient (Wildman–Crippen LogP) is 4.49. The number of amides is 1. The molecule has 38 heavy (non-hydrogen) atoms. The summed E-state index contributed by atoms with van der Waals surface area (Å²) >= 11 is 0. The SMILES string of the molecule is O=C(Nc1ccc(S(=O)(=O)N2CCC(c3nc4ccccc4[nH]3)CC2)cc1)c1cc2ccccc2oc1=O. The molecule has 0 radical (unpaired) electrons. The van der Waals surface area contributed by atoms with Gasteiger partial charge in [0.05, 0.1) is 15.9 Å². The molecule has 0 atom stereocenters. The molecule has 1 amide bonds. The highest BCUT2D eigenvalue weighted by molar-refractivity contribution is 7.89. The maximum absolute atomic E-state index is 13.3. The highest BCUT2D eigenvalue weighted by atomic mass is 32.2. The summed E-state index contributed by atoms with van der Waals surface area (Å²) in [5.41, 5.74) is 1.77. The molecule has 1 aliphatic heterocycles. The number of nitrogens with zero attached hydrogens (tertiary/aromatic N) is 2. The van der Waals surface area contributed by atoms with Gasteiger partial charge in [-0.25, -0.2) is 18.2 Å². The van der Waals surface area contributed by atoms with Crippen LogP contribution >= 0.6 is 0 Å². The van der Waals surface area contributed by atoms with Gasteiger partial charge in [-0.15, -0.1) is 0 Å². The van der Waals surface area contributed by atoms with E-state index in [-0.39, 0.29) is 16.4 Å². The average molecular weight is 529 g/mol. The summed E-state index contributed by atoms with van der Waals surface area (Å²) < 4.78 is 33.2. The van der Waals surface area contributed by atoms with E-state index in [1.807, 2.05) is 24.3 Å². The molecule has 0 bridgehead atoms. The van der Waals surface area contributed by atoms with Gasteiger partial charge in [-0.1, -0.05) is 30.3 Å². The van der Waals surface area contributed by atoms with Crippen LogP contribution in [0, 0.1) is 0 Å². The van der Waals surface area contributed by atoms with E-state index in [9.17, 15) is 18.0 Å². The number of carbonyl (C=O) groups excluding carboxylic acids is 1. The zero-order valence-corrected chi connectivity index (χ0v) is 21.1. The summed E-state index contributed by atoms with van der Waals surface area (Å²) in [6, 6.07) is 22.2. The van der Waals surface area contributed by atoms with Gasteiger partial charge < -0.3 is 14.7 Å². The normalized spacial score (nSPS) is 15.2. The molecule has 3 aromatic carbocycles. The van der Waals surface area contributed by atoms with Gasteiger partial charge in [0, 0.05) is 30.1 Å². The van der Waals surface area contributed by atoms with Crippen LogP contribution in [0.1, 0.15) is 34.9 Å². The molecule has 3 heterocycles. The third-order valence-corrected chi connectivity index (χ3v) is 8.80. The quantitative estimate of drug-likeness (QED) is 0.324. The second kappa shape index (κ2) is 9.55. The molecule has 2 aromatic heterocycles. The maximum atomic E-state index is 13.3. The molecule has 2 N–H and O–H groups in total. The lowest BCUT2D eigenvalue weighted by Gasteiger charge is -2.30. The molecule has 10 heteroatoms. The monoisotopic (exact) mass is 528 g/mol. The van der Waals surface area contributed by atoms with Crippen LogP contribution in [0.3, 0.4) is 0 Å². The van der Waals surface area contributed by atoms with E-state index in [2.05, 4.69) is 15.3 Å². The Morgan fingerprint density at radius 2 is 1.68 bits per heavy atom. The van der Waals surface area contributed by atoms with E-state index in [0.29, 0.717) is 42.6 Å². The fourth-order valence-corrected chi connectivity index (χ4v) is 6.28. The van der Waals surface area contributed by atoms with Gasteiger partial charge >= 0.3 is 5.63 Å². The van der Waals surface area contributed by atoms with Crippen molar-refractivity contribution in [2.75, 3.05) is 18.4 Å². The van der Waals surface area contributed by atoms with Crippen molar-refractivity contribution < 1.29 is 17.6 Å². The molecule has 0 unspecified atom stereocenters. The van der Waals surface area contributed by atoms with Crippen molar-refractivity contribution in [2.24, 2.45) is 0 Å². The lowest BCUT2D eigenvalue weighted by Crippen LogP contribution is -2.38. The highest BCUT2D eigenvalue weighted by Crippen LogP contribution is 2.30. The first-order valence-corrected chi connectivity index (χ1v) is 13.7. The number of para-hydroxylation sites is 3. The van der Waals surface area contributed by atoms with Gasteiger partial charge in [-0.05, 0) is 61.4 Å². The Labute approximate surface area is 218 Å². The van der Waals surface area contributed by atoms with Gasteiger partial charge in [-0.2, -0.15) is 4.31 Å². The van der Waals surface area contributed by atoms with Crippen LogP contribution in [0.15, 0.2) is 93.0 Å². The van der Waals surface area contributed by atoms with Crippen LogP contribution < -0.4 is 10.9 Å². The zero-order valence-electron chi connectivity index (χ0n) is 20.3. The number of sulfonamides is 1. The number of fused-ring (bicyclic) bond motifs is 2. The zero-order chi connectivity index (χ0) is 26.3. The number of hydrogen-bond acceptors (Lipinski definition) is 6. The minimum atomic E-state index is -3.70. The Kier molecular flexibility index (Phi) is 6.05. The topological polar surface area (TPSA) is 125 Å². The highest BCUT2D eigenvalue weighted by Gasteiger charge is 2.31. The van der Waals surface area contributed by atoms with Crippen LogP contribution in [0.2, 0.25) is 0 Å².